The number of esters is 1. The third-order valence-corrected chi connectivity index (χ3v) is 10.5. The predicted octanol–water partition coefficient (Wildman–Crippen LogP) is 3.80. The number of hydrogen-bond acceptors (Lipinski definition) is 6. The summed E-state index contributed by atoms with van der Waals surface area (Å²) in [6, 6.07) is 4.53. The van der Waals surface area contributed by atoms with Gasteiger partial charge < -0.3 is 19.6 Å². The molecule has 2 saturated heterocycles. The number of likely N-dealkylation sites (tertiary alicyclic amines) is 1. The molecule has 0 radical (unpaired) electrons. The van der Waals surface area contributed by atoms with Crippen molar-refractivity contribution in [2.24, 2.45) is 17.8 Å². The molecule has 8 heteroatoms. The summed E-state index contributed by atoms with van der Waals surface area (Å²) in [5.74, 6) is -2.42. The zero-order valence-corrected chi connectivity index (χ0v) is 23.7. The molecule has 0 saturated carbocycles. The molecule has 204 valence electrons. The molecule has 4 aliphatic heterocycles. The summed E-state index contributed by atoms with van der Waals surface area (Å²) >= 11 is 1.54. The smallest absolute Gasteiger partial charge is 0.311 e. The molecule has 1 unspecified atom stereocenters. The fraction of sp³-hybridized carbons (Fsp3) is 0.567. The van der Waals surface area contributed by atoms with E-state index in [2.05, 4.69) is 12.2 Å². The lowest BCUT2D eigenvalue weighted by atomic mass is 9.74. The van der Waals surface area contributed by atoms with Gasteiger partial charge in [-0.25, -0.2) is 0 Å². The molecule has 4 aliphatic rings. The molecule has 7 nitrogen and oxygen atoms in total. The fourth-order valence-corrected chi connectivity index (χ4v) is 9.12. The Labute approximate surface area is 229 Å². The fourth-order valence-electron chi connectivity index (χ4n) is 6.98. The number of aliphatic hydroxyl groups excluding tert-OH is 1. The number of benzene rings is 1. The molecule has 0 bridgehead atoms. The summed E-state index contributed by atoms with van der Waals surface area (Å²) in [7, 11) is 0. The van der Waals surface area contributed by atoms with Gasteiger partial charge in [0.2, 0.25) is 5.91 Å². The van der Waals surface area contributed by atoms with Crippen molar-refractivity contribution in [3.05, 3.63) is 53.6 Å². The molecule has 1 aromatic carbocycles. The van der Waals surface area contributed by atoms with E-state index in [0.29, 0.717) is 13.2 Å². The normalized spacial score (nSPS) is 34.6. The molecule has 2 amide bonds. The Morgan fingerprint density at radius 3 is 2.45 bits per heavy atom. The topological polar surface area (TPSA) is 87.2 Å². The number of aliphatic hydroxyl groups is 1. The number of carbonyl (C=O) groups is 3. The van der Waals surface area contributed by atoms with Crippen molar-refractivity contribution in [2.75, 3.05) is 24.7 Å². The molecule has 0 aromatic heterocycles. The van der Waals surface area contributed by atoms with Crippen LogP contribution in [-0.2, 0) is 19.1 Å². The van der Waals surface area contributed by atoms with Gasteiger partial charge in [-0.1, -0.05) is 56.4 Å². The van der Waals surface area contributed by atoms with Gasteiger partial charge in [-0.05, 0) is 50.7 Å². The Balaban J connectivity index is 1.72. The first-order valence-electron chi connectivity index (χ1n) is 13.6. The number of cyclic esters (lactones) is 1. The number of allylic oxidation sites excluding steroid dienone is 1. The highest BCUT2D eigenvalue weighted by atomic mass is 32.2. The summed E-state index contributed by atoms with van der Waals surface area (Å²) in [6.07, 6.45) is 9.63. The van der Waals surface area contributed by atoms with E-state index >= 15 is 0 Å². The van der Waals surface area contributed by atoms with Crippen molar-refractivity contribution < 1.29 is 24.2 Å². The molecule has 2 fully saturated rings. The number of hydrogen-bond donors (Lipinski definition) is 1. The van der Waals surface area contributed by atoms with E-state index in [-0.39, 0.29) is 30.3 Å². The number of aryl methyl sites for hydroxylation is 2. The van der Waals surface area contributed by atoms with Crippen LogP contribution >= 0.6 is 11.8 Å². The maximum atomic E-state index is 14.7. The Kier molecular flexibility index (Phi) is 7.01. The second kappa shape index (κ2) is 9.87. The second-order valence-electron chi connectivity index (χ2n) is 11.5. The van der Waals surface area contributed by atoms with E-state index in [4.69, 9.17) is 4.74 Å². The molecule has 1 spiro atoms. The number of thioether (sulfide) groups is 1. The van der Waals surface area contributed by atoms with Gasteiger partial charge in [-0.3, -0.25) is 14.4 Å². The van der Waals surface area contributed by atoms with E-state index < -0.39 is 33.4 Å². The van der Waals surface area contributed by atoms with Crippen molar-refractivity contribution in [1.82, 2.24) is 4.90 Å². The van der Waals surface area contributed by atoms with Crippen molar-refractivity contribution in [2.45, 2.75) is 69.0 Å². The van der Waals surface area contributed by atoms with Crippen molar-refractivity contribution in [3.63, 3.8) is 0 Å². The van der Waals surface area contributed by atoms with Crippen molar-refractivity contribution in [1.29, 1.82) is 0 Å². The van der Waals surface area contributed by atoms with E-state index in [1.165, 1.54) is 11.8 Å². The van der Waals surface area contributed by atoms with E-state index in [9.17, 15) is 19.5 Å². The first-order valence-corrected chi connectivity index (χ1v) is 14.4. The number of fused-ring (bicyclic) bond motifs is 2. The number of nitrogens with zero attached hydrogens (tertiary/aromatic N) is 2. The number of rotatable bonds is 4. The van der Waals surface area contributed by atoms with Crippen LogP contribution in [0.5, 0.6) is 0 Å². The van der Waals surface area contributed by atoms with Gasteiger partial charge in [0.1, 0.15) is 6.04 Å². The maximum absolute atomic E-state index is 14.7. The quantitative estimate of drug-likeness (QED) is 0.464. The average Bonchev–Trinajstić information content (AvgIpc) is 3.20. The van der Waals surface area contributed by atoms with E-state index in [1.807, 2.05) is 65.0 Å². The van der Waals surface area contributed by atoms with E-state index in [0.717, 1.165) is 29.7 Å². The van der Waals surface area contributed by atoms with Crippen LogP contribution in [0.4, 0.5) is 5.69 Å². The minimum absolute atomic E-state index is 0.0859. The van der Waals surface area contributed by atoms with Crippen LogP contribution in [0, 0.1) is 31.6 Å². The largest absolute Gasteiger partial charge is 0.465 e. The lowest BCUT2D eigenvalue weighted by Gasteiger charge is -2.41. The predicted molar refractivity (Wildman–Crippen MR) is 149 cm³/mol. The Morgan fingerprint density at radius 2 is 1.79 bits per heavy atom. The highest BCUT2D eigenvalue weighted by Gasteiger charge is 2.74. The van der Waals surface area contributed by atoms with Crippen LogP contribution in [0.15, 0.2) is 42.5 Å². The van der Waals surface area contributed by atoms with Gasteiger partial charge in [0, 0.05) is 17.0 Å². The number of amides is 2. The van der Waals surface area contributed by atoms with Crippen LogP contribution in [0.2, 0.25) is 0 Å². The lowest BCUT2D eigenvalue weighted by Crippen LogP contribution is -2.58. The standard InChI is InChI=1S/C30H38N2O5S/c1-18(2)21(17-33)32-25-27(35)31(24-19(3)11-9-12-20(24)4)15-10-14-30(25)22(26(32)34)23-28(36)37-16-8-6-7-13-29(23,5)38-30/h7,9-14,18,21-23,25,33H,6,8,15-17H2,1-5H3/b13-7-/t21-,22-,23+,25?,29-,30-/m0/s1. The molecule has 38 heavy (non-hydrogen) atoms. The highest BCUT2D eigenvalue weighted by Crippen LogP contribution is 2.65. The Hall–Kier alpha value is -2.58. The lowest BCUT2D eigenvalue weighted by molar-refractivity contribution is -0.154. The van der Waals surface area contributed by atoms with Crippen LogP contribution < -0.4 is 4.90 Å². The Morgan fingerprint density at radius 1 is 1.08 bits per heavy atom. The SMILES string of the molecule is Cc1cccc(C)c1N1CC=C[C@]23S[C@@]4(C)/C=C\CCCOC(=O)[C@H]4[C@H]2C(=O)N([C@@H](CO)C(C)C)C3C1=O. The monoisotopic (exact) mass is 538 g/mol. The third kappa shape index (κ3) is 3.94. The van der Waals surface area contributed by atoms with Crippen molar-refractivity contribution >= 4 is 35.2 Å². The first-order chi connectivity index (χ1) is 18.1. The summed E-state index contributed by atoms with van der Waals surface area (Å²) < 4.78 is 4.01. The molecule has 1 N–H and O–H groups in total. The zero-order chi connectivity index (χ0) is 27.4. The molecule has 1 aromatic rings. The zero-order valence-electron chi connectivity index (χ0n) is 22.8. The van der Waals surface area contributed by atoms with Crippen molar-refractivity contribution in [3.8, 4) is 0 Å². The van der Waals surface area contributed by atoms with Gasteiger partial charge in [0.25, 0.3) is 5.91 Å². The minimum atomic E-state index is -0.968. The molecule has 4 heterocycles. The van der Waals surface area contributed by atoms with Crippen LogP contribution in [-0.4, -0.2) is 69.1 Å². The van der Waals surface area contributed by atoms with Crippen LogP contribution in [0.25, 0.3) is 0 Å². The number of para-hydroxylation sites is 1. The molecule has 5 rings (SSSR count). The van der Waals surface area contributed by atoms with E-state index in [1.54, 1.807) is 9.80 Å². The van der Waals surface area contributed by atoms with Gasteiger partial charge in [0.15, 0.2) is 0 Å². The highest BCUT2D eigenvalue weighted by molar-refractivity contribution is 8.02. The van der Waals surface area contributed by atoms with Gasteiger partial charge in [-0.15, -0.1) is 11.8 Å². The molecule has 0 aliphatic carbocycles. The minimum Gasteiger partial charge on any atom is -0.465 e. The van der Waals surface area contributed by atoms with Crippen LogP contribution in [0.1, 0.15) is 44.7 Å². The summed E-state index contributed by atoms with van der Waals surface area (Å²) in [5.41, 5.74) is 2.80. The summed E-state index contributed by atoms with van der Waals surface area (Å²) in [6.45, 7) is 10.3. The number of ether oxygens (including phenoxy) is 1. The molecule has 6 atom stereocenters. The molecular formula is C30H38N2O5S. The maximum Gasteiger partial charge on any atom is 0.311 e. The molecular weight excluding hydrogens is 500 g/mol. The third-order valence-electron chi connectivity index (χ3n) is 8.71. The summed E-state index contributed by atoms with van der Waals surface area (Å²) in [5, 5.41) is 10.5. The summed E-state index contributed by atoms with van der Waals surface area (Å²) in [4.78, 5) is 46.2. The number of carbonyl (C=O) groups excluding carboxylic acids is 3. The van der Waals surface area contributed by atoms with Gasteiger partial charge >= 0.3 is 5.97 Å². The van der Waals surface area contributed by atoms with Gasteiger partial charge in [-0.2, -0.15) is 0 Å². The van der Waals surface area contributed by atoms with Gasteiger partial charge in [0.05, 0.1) is 35.8 Å². The second-order valence-corrected chi connectivity index (χ2v) is 13.3. The Bertz CT molecular complexity index is 1190. The average molecular weight is 539 g/mol. The first kappa shape index (κ1) is 27.0. The number of anilines is 1. The van der Waals surface area contributed by atoms with Crippen LogP contribution in [0.3, 0.4) is 0 Å².